The highest BCUT2D eigenvalue weighted by Gasteiger charge is 2.49. The third-order valence-electron chi connectivity index (χ3n) is 8.77. The smallest absolute Gasteiger partial charge is 0.412 e. The molecule has 0 spiro atoms. The van der Waals surface area contributed by atoms with Crippen LogP contribution in [0, 0.1) is 17.1 Å². The molecule has 7 rings (SSSR count). The fraction of sp³-hybridized carbons (Fsp3) is 0.438. The molecule has 4 aromatic rings. The second-order valence-electron chi connectivity index (χ2n) is 12.9. The van der Waals surface area contributed by atoms with Crippen LogP contribution in [0.2, 0.25) is 5.02 Å². The number of hydrogen-bond donors (Lipinski definition) is 2. The minimum Gasteiger partial charge on any atom is -0.493 e. The maximum atomic E-state index is 15.3. The molecule has 2 saturated heterocycles. The van der Waals surface area contributed by atoms with E-state index in [-0.39, 0.29) is 62.9 Å². The lowest BCUT2D eigenvalue weighted by molar-refractivity contribution is 0.0636. The first-order chi connectivity index (χ1) is 21.9. The van der Waals surface area contributed by atoms with Crippen molar-refractivity contribution in [3.05, 3.63) is 39.7 Å². The average molecular weight is 670 g/mol. The lowest BCUT2D eigenvalue weighted by atomic mass is 9.91. The van der Waals surface area contributed by atoms with Crippen LogP contribution in [0.25, 0.3) is 32.1 Å². The summed E-state index contributed by atoms with van der Waals surface area (Å²) in [5.41, 5.74) is 1.11. The first-order valence-corrected chi connectivity index (χ1v) is 16.1. The molecule has 3 aliphatic heterocycles. The van der Waals surface area contributed by atoms with Crippen LogP contribution in [0.5, 0.6) is 11.9 Å². The van der Waals surface area contributed by atoms with Gasteiger partial charge in [0.05, 0.1) is 39.4 Å². The van der Waals surface area contributed by atoms with E-state index in [2.05, 4.69) is 26.3 Å². The number of halogens is 3. The van der Waals surface area contributed by atoms with Crippen LogP contribution in [0.4, 0.5) is 18.6 Å². The molecule has 0 saturated carbocycles. The predicted molar refractivity (Wildman–Crippen MR) is 169 cm³/mol. The Labute approximate surface area is 271 Å². The molecule has 10 nitrogen and oxygen atoms in total. The number of hydrogen-bond acceptors (Lipinski definition) is 10. The Kier molecular flexibility index (Phi) is 7.47. The van der Waals surface area contributed by atoms with E-state index in [0.29, 0.717) is 40.6 Å². The van der Waals surface area contributed by atoms with E-state index in [1.807, 2.05) is 0 Å². The van der Waals surface area contributed by atoms with Crippen molar-refractivity contribution in [2.45, 2.75) is 70.6 Å². The summed E-state index contributed by atoms with van der Waals surface area (Å²) in [5.74, 6) is -0.923. The molecule has 0 bridgehead atoms. The molecule has 0 aliphatic carbocycles. The van der Waals surface area contributed by atoms with E-state index in [9.17, 15) is 19.6 Å². The van der Waals surface area contributed by atoms with Gasteiger partial charge in [0.2, 0.25) is 5.88 Å². The molecular formula is C32H30ClF2N5O5S. The number of rotatable bonds is 5. The third-order valence-corrected chi connectivity index (χ3v) is 10.3. The summed E-state index contributed by atoms with van der Waals surface area (Å²) in [7, 11) is 0. The first-order valence-electron chi connectivity index (χ1n) is 14.9. The number of aromatic nitrogens is 2. The molecule has 3 aliphatic rings. The van der Waals surface area contributed by atoms with Crippen LogP contribution in [0.1, 0.15) is 56.7 Å². The number of nitriles is 1. The Balaban J connectivity index is 1.36. The summed E-state index contributed by atoms with van der Waals surface area (Å²) < 4.78 is 46.9. The zero-order valence-electron chi connectivity index (χ0n) is 25.3. The maximum Gasteiger partial charge on any atom is 0.412 e. The van der Waals surface area contributed by atoms with Gasteiger partial charge in [0.15, 0.2) is 0 Å². The van der Waals surface area contributed by atoms with Crippen LogP contribution >= 0.6 is 22.9 Å². The highest BCUT2D eigenvalue weighted by atomic mass is 35.5. The number of benzene rings is 2. The van der Waals surface area contributed by atoms with E-state index in [0.717, 1.165) is 30.7 Å². The molecule has 0 radical (unpaired) electrons. The second-order valence-corrected chi connectivity index (χ2v) is 14.3. The van der Waals surface area contributed by atoms with E-state index >= 15 is 4.39 Å². The van der Waals surface area contributed by atoms with E-state index < -0.39 is 29.2 Å². The van der Waals surface area contributed by atoms with E-state index in [4.69, 9.17) is 25.8 Å². The van der Waals surface area contributed by atoms with Crippen LogP contribution < -0.4 is 10.1 Å². The van der Waals surface area contributed by atoms with Crippen molar-refractivity contribution in [2.24, 2.45) is 0 Å². The summed E-state index contributed by atoms with van der Waals surface area (Å²) >= 11 is 8.02. The van der Waals surface area contributed by atoms with Gasteiger partial charge in [-0.1, -0.05) is 17.7 Å². The van der Waals surface area contributed by atoms with Gasteiger partial charge in [-0.3, -0.25) is 10.2 Å². The molecule has 5 heterocycles. The zero-order valence-corrected chi connectivity index (χ0v) is 26.9. The number of aromatic hydroxyl groups is 1. The number of thiophene rings is 1. The molecule has 240 valence electrons. The molecule has 1 amide bonds. The van der Waals surface area contributed by atoms with Gasteiger partial charge in [0.1, 0.15) is 40.8 Å². The Bertz CT molecular complexity index is 1980. The van der Waals surface area contributed by atoms with Gasteiger partial charge in [-0.15, -0.1) is 11.3 Å². The highest BCUT2D eigenvalue weighted by molar-refractivity contribution is 7.23. The van der Waals surface area contributed by atoms with Crippen molar-refractivity contribution in [2.75, 3.05) is 25.0 Å². The number of fused-ring (bicyclic) bond motifs is 5. The van der Waals surface area contributed by atoms with Crippen LogP contribution in [0.15, 0.2) is 12.1 Å². The molecule has 2 N–H and O–H groups in total. The Hall–Kier alpha value is -3.83. The molecule has 2 atom stereocenters. The third kappa shape index (κ3) is 5.08. The fourth-order valence-electron chi connectivity index (χ4n) is 6.96. The zero-order chi connectivity index (χ0) is 32.5. The molecule has 0 unspecified atom stereocenters. The van der Waals surface area contributed by atoms with Gasteiger partial charge >= 0.3 is 12.1 Å². The van der Waals surface area contributed by atoms with Crippen molar-refractivity contribution in [1.82, 2.24) is 14.9 Å². The Morgan fingerprint density at radius 1 is 1.30 bits per heavy atom. The molecule has 2 fully saturated rings. The number of amides is 1. The predicted octanol–water partition coefficient (Wildman–Crippen LogP) is 7.21. The van der Waals surface area contributed by atoms with Crippen molar-refractivity contribution in [3.63, 3.8) is 0 Å². The van der Waals surface area contributed by atoms with Crippen molar-refractivity contribution < 1.29 is 32.9 Å². The SMILES string of the molecule is CC(C)(C)OC(=O)Nc1sc2c(F)ccc(-c3c4c(c5c(O)nc(OC[C@@]67CCCN6C[C@H](F)C7)nc5c3Cl)COC4)c2c1C#N. The largest absolute Gasteiger partial charge is 0.493 e. The number of ether oxygens (including phenoxy) is 3. The van der Waals surface area contributed by atoms with Gasteiger partial charge in [-0.25, -0.2) is 13.6 Å². The number of carbonyl (C=O) groups excluding carboxylic acids is 1. The molecule has 46 heavy (non-hydrogen) atoms. The molecule has 2 aromatic carbocycles. The summed E-state index contributed by atoms with van der Waals surface area (Å²) in [6.45, 7) is 6.71. The summed E-state index contributed by atoms with van der Waals surface area (Å²) in [5, 5.41) is 24.8. The number of nitrogens with zero attached hydrogens (tertiary/aromatic N) is 4. The minimum absolute atomic E-state index is 0.0434. The van der Waals surface area contributed by atoms with E-state index in [1.54, 1.807) is 20.8 Å². The quantitative estimate of drug-likeness (QED) is 0.226. The van der Waals surface area contributed by atoms with Crippen LogP contribution in [-0.2, 0) is 22.7 Å². The molecule has 14 heteroatoms. The van der Waals surface area contributed by atoms with Crippen LogP contribution in [0.3, 0.4) is 0 Å². The average Bonchev–Trinajstić information content (AvgIpc) is 3.74. The highest BCUT2D eigenvalue weighted by Crippen LogP contribution is 2.50. The minimum atomic E-state index is -0.933. The molecular weight excluding hydrogens is 640 g/mol. The molecule has 2 aromatic heterocycles. The van der Waals surface area contributed by atoms with Crippen molar-refractivity contribution >= 4 is 55.0 Å². The standard InChI is InChI=1S/C32H30ClF2N5O5S/c1-31(2,3)45-30(42)39-28-17(10-36)22-16(5-6-20(35)26(22)46-28)21-18-12-43-13-19(18)23-25(24(21)33)37-29(38-27(23)41)44-14-32-7-4-8-40(32)11-15(34)9-32/h5-6,15H,4,7-9,11-14H2,1-3H3,(H,39,42)(H,37,38,41)/t15-,32+/m1/s1. The Morgan fingerprint density at radius 2 is 2.09 bits per heavy atom. The van der Waals surface area contributed by atoms with Gasteiger partial charge in [0.25, 0.3) is 0 Å². The number of carbonyl (C=O) groups is 1. The van der Waals surface area contributed by atoms with Gasteiger partial charge in [-0.2, -0.15) is 15.2 Å². The summed E-state index contributed by atoms with van der Waals surface area (Å²) in [6.07, 6.45) is 0.369. The first kappa shape index (κ1) is 30.8. The van der Waals surface area contributed by atoms with Crippen molar-refractivity contribution in [3.8, 4) is 29.1 Å². The Morgan fingerprint density at radius 3 is 2.85 bits per heavy atom. The normalized spacial score (nSPS) is 21.0. The monoisotopic (exact) mass is 669 g/mol. The van der Waals surface area contributed by atoms with Crippen LogP contribution in [-0.4, -0.2) is 63.1 Å². The maximum absolute atomic E-state index is 15.3. The fourth-order valence-corrected chi connectivity index (χ4v) is 8.38. The van der Waals surface area contributed by atoms with Gasteiger partial charge in [0, 0.05) is 23.9 Å². The summed E-state index contributed by atoms with van der Waals surface area (Å²) in [4.78, 5) is 23.5. The lowest BCUT2D eigenvalue weighted by Crippen LogP contribution is -2.43. The lowest BCUT2D eigenvalue weighted by Gasteiger charge is -2.30. The van der Waals surface area contributed by atoms with Crippen molar-refractivity contribution in [1.29, 1.82) is 5.26 Å². The number of nitrogens with one attached hydrogen (secondary N) is 1. The van der Waals surface area contributed by atoms with Gasteiger partial charge < -0.3 is 19.3 Å². The van der Waals surface area contributed by atoms with Gasteiger partial charge in [-0.05, 0) is 62.9 Å². The van der Waals surface area contributed by atoms with E-state index in [1.165, 1.54) is 12.1 Å². The second kappa shape index (κ2) is 11.2. The number of anilines is 1. The topological polar surface area (TPSA) is 130 Å². The summed E-state index contributed by atoms with van der Waals surface area (Å²) in [6, 6.07) is 4.80. The number of alkyl halides is 1.